The second kappa shape index (κ2) is 4.42. The topological polar surface area (TPSA) is 64.4 Å². The molecule has 12 heavy (non-hydrogen) atoms. The summed E-state index contributed by atoms with van der Waals surface area (Å²) in [4.78, 5) is 16.2. The number of nitrogens with one attached hydrogen (secondary N) is 1. The first-order chi connectivity index (χ1) is 5.37. The molecule has 0 heterocycles. The molecule has 0 saturated heterocycles. The van der Waals surface area contributed by atoms with E-state index in [0.29, 0.717) is 6.54 Å². The largest absolute Gasteiger partial charge is 0.330 e. The maximum Gasteiger partial charge on any atom is 0.247 e. The molecule has 0 fully saturated rings. The average molecular weight is 174 g/mol. The van der Waals surface area contributed by atoms with Crippen LogP contribution in [0, 0.1) is 5.92 Å². The normalized spacial score (nSPS) is 14.1. The highest BCUT2D eigenvalue weighted by Gasteiger charge is 2.15. The van der Waals surface area contributed by atoms with E-state index < -0.39 is 0 Å². The smallest absolute Gasteiger partial charge is 0.247 e. The Bertz CT molecular complexity index is 152. The van der Waals surface area contributed by atoms with Gasteiger partial charge in [-0.3, -0.25) is 9.63 Å². The van der Waals surface area contributed by atoms with Crippen LogP contribution < -0.4 is 11.2 Å². The summed E-state index contributed by atoms with van der Waals surface area (Å²) in [6, 6.07) is 0. The third kappa shape index (κ3) is 5.09. The van der Waals surface area contributed by atoms with E-state index in [1.54, 1.807) is 6.92 Å². The maximum atomic E-state index is 11.1. The lowest BCUT2D eigenvalue weighted by Gasteiger charge is -2.20. The lowest BCUT2D eigenvalue weighted by atomic mass is 10.2. The molecule has 4 heteroatoms. The molecule has 1 amide bonds. The van der Waals surface area contributed by atoms with Gasteiger partial charge >= 0.3 is 0 Å². The molecule has 0 aromatic heterocycles. The second-order valence-corrected chi connectivity index (χ2v) is 3.82. The fourth-order valence-electron chi connectivity index (χ4n) is 0.411. The van der Waals surface area contributed by atoms with E-state index in [4.69, 9.17) is 10.6 Å². The fourth-order valence-corrected chi connectivity index (χ4v) is 0.411. The highest BCUT2D eigenvalue weighted by Crippen LogP contribution is 2.04. The molecule has 0 rings (SSSR count). The van der Waals surface area contributed by atoms with E-state index in [-0.39, 0.29) is 17.4 Å². The van der Waals surface area contributed by atoms with Crippen molar-refractivity contribution in [1.82, 2.24) is 5.48 Å². The van der Waals surface area contributed by atoms with Gasteiger partial charge in [-0.05, 0) is 20.8 Å². The minimum Gasteiger partial charge on any atom is -0.330 e. The van der Waals surface area contributed by atoms with Gasteiger partial charge in [-0.1, -0.05) is 6.92 Å². The molecular weight excluding hydrogens is 156 g/mol. The predicted molar refractivity (Wildman–Crippen MR) is 47.2 cm³/mol. The number of hydrogen-bond donors (Lipinski definition) is 2. The number of carbonyl (C=O) groups is 1. The van der Waals surface area contributed by atoms with Gasteiger partial charge in [0.2, 0.25) is 5.91 Å². The zero-order chi connectivity index (χ0) is 9.78. The molecule has 0 saturated carbocycles. The lowest BCUT2D eigenvalue weighted by molar-refractivity contribution is -0.148. The van der Waals surface area contributed by atoms with Crippen LogP contribution in [0.15, 0.2) is 0 Å². The minimum absolute atomic E-state index is 0.174. The first-order valence-corrected chi connectivity index (χ1v) is 4.04. The highest BCUT2D eigenvalue weighted by molar-refractivity contribution is 5.77. The van der Waals surface area contributed by atoms with E-state index in [1.807, 2.05) is 20.8 Å². The summed E-state index contributed by atoms with van der Waals surface area (Å²) in [7, 11) is 0. The van der Waals surface area contributed by atoms with Crippen molar-refractivity contribution in [2.24, 2.45) is 11.7 Å². The zero-order valence-corrected chi connectivity index (χ0v) is 8.18. The fraction of sp³-hybridized carbons (Fsp3) is 0.875. The van der Waals surface area contributed by atoms with E-state index >= 15 is 0 Å². The number of hydrogen-bond acceptors (Lipinski definition) is 3. The molecule has 0 aromatic carbocycles. The molecule has 0 bridgehead atoms. The first kappa shape index (κ1) is 11.4. The quantitative estimate of drug-likeness (QED) is 0.610. The Morgan fingerprint density at radius 3 is 2.42 bits per heavy atom. The van der Waals surface area contributed by atoms with Crippen molar-refractivity contribution < 1.29 is 9.63 Å². The maximum absolute atomic E-state index is 11.1. The van der Waals surface area contributed by atoms with Gasteiger partial charge in [0.05, 0.1) is 5.60 Å². The number of rotatable bonds is 3. The monoisotopic (exact) mass is 174 g/mol. The Labute approximate surface area is 73.4 Å². The molecule has 3 N–H and O–H groups in total. The second-order valence-electron chi connectivity index (χ2n) is 3.82. The van der Waals surface area contributed by atoms with Crippen molar-refractivity contribution in [2.45, 2.75) is 33.3 Å². The van der Waals surface area contributed by atoms with Gasteiger partial charge in [-0.15, -0.1) is 0 Å². The van der Waals surface area contributed by atoms with Crippen LogP contribution in [0.4, 0.5) is 0 Å². The van der Waals surface area contributed by atoms with Gasteiger partial charge in [0.25, 0.3) is 0 Å². The van der Waals surface area contributed by atoms with Crippen LogP contribution >= 0.6 is 0 Å². The number of hydroxylamine groups is 1. The summed E-state index contributed by atoms with van der Waals surface area (Å²) in [5, 5.41) is 0. The predicted octanol–water partition coefficient (Wildman–Crippen LogP) is 0.427. The molecule has 4 nitrogen and oxygen atoms in total. The molecule has 0 aliphatic carbocycles. The van der Waals surface area contributed by atoms with E-state index in [2.05, 4.69) is 5.48 Å². The van der Waals surface area contributed by atoms with Crippen LogP contribution in [-0.2, 0) is 9.63 Å². The van der Waals surface area contributed by atoms with Crippen LogP contribution in [0.5, 0.6) is 0 Å². The Morgan fingerprint density at radius 1 is 1.58 bits per heavy atom. The number of amides is 1. The molecule has 0 aromatic rings. The number of carbonyl (C=O) groups excluding carboxylic acids is 1. The zero-order valence-electron chi connectivity index (χ0n) is 8.18. The van der Waals surface area contributed by atoms with E-state index in [1.165, 1.54) is 0 Å². The van der Waals surface area contributed by atoms with Crippen molar-refractivity contribution >= 4 is 5.91 Å². The van der Waals surface area contributed by atoms with Crippen LogP contribution in [-0.4, -0.2) is 18.1 Å². The summed E-state index contributed by atoms with van der Waals surface area (Å²) in [6.45, 7) is 7.67. The summed E-state index contributed by atoms with van der Waals surface area (Å²) in [5.74, 6) is -0.375. The van der Waals surface area contributed by atoms with Crippen molar-refractivity contribution in [3.8, 4) is 0 Å². The minimum atomic E-state index is -0.357. The van der Waals surface area contributed by atoms with Gasteiger partial charge in [0, 0.05) is 12.5 Å². The van der Waals surface area contributed by atoms with Crippen molar-refractivity contribution in [3.63, 3.8) is 0 Å². The summed E-state index contributed by atoms with van der Waals surface area (Å²) in [6.07, 6.45) is 0. The molecule has 0 aliphatic rings. The van der Waals surface area contributed by atoms with Crippen molar-refractivity contribution in [1.29, 1.82) is 0 Å². The first-order valence-electron chi connectivity index (χ1n) is 4.04. The van der Waals surface area contributed by atoms with E-state index in [0.717, 1.165) is 0 Å². The molecule has 1 atom stereocenters. The van der Waals surface area contributed by atoms with Gasteiger partial charge in [0.15, 0.2) is 0 Å². The van der Waals surface area contributed by atoms with Crippen LogP contribution in [0.1, 0.15) is 27.7 Å². The average Bonchev–Trinajstić information content (AvgIpc) is 1.97. The van der Waals surface area contributed by atoms with Gasteiger partial charge in [-0.25, -0.2) is 5.48 Å². The van der Waals surface area contributed by atoms with Gasteiger partial charge in [0.1, 0.15) is 0 Å². The van der Waals surface area contributed by atoms with Crippen LogP contribution in [0.3, 0.4) is 0 Å². The molecule has 72 valence electrons. The lowest BCUT2D eigenvalue weighted by Crippen LogP contribution is -2.38. The van der Waals surface area contributed by atoms with Crippen molar-refractivity contribution in [2.75, 3.05) is 6.54 Å². The van der Waals surface area contributed by atoms with Crippen LogP contribution in [0.25, 0.3) is 0 Å². The Kier molecular flexibility index (Phi) is 4.20. The molecule has 1 unspecified atom stereocenters. The Morgan fingerprint density at radius 2 is 2.08 bits per heavy atom. The molecule has 0 radical (unpaired) electrons. The summed E-state index contributed by atoms with van der Waals surface area (Å²) < 4.78 is 0. The number of nitrogens with two attached hydrogens (primary N) is 1. The summed E-state index contributed by atoms with van der Waals surface area (Å²) >= 11 is 0. The Hall–Kier alpha value is -0.610. The van der Waals surface area contributed by atoms with Gasteiger partial charge < -0.3 is 5.73 Å². The van der Waals surface area contributed by atoms with Crippen LogP contribution in [0.2, 0.25) is 0 Å². The highest BCUT2D eigenvalue weighted by atomic mass is 16.7. The molecule has 0 aliphatic heterocycles. The van der Waals surface area contributed by atoms with E-state index in [9.17, 15) is 4.79 Å². The molecule has 0 spiro atoms. The Balaban J connectivity index is 3.72. The SMILES string of the molecule is CC(CN)C(=O)NOC(C)(C)C. The standard InChI is InChI=1S/C8H18N2O2/c1-6(5-9)7(11)10-12-8(2,3)4/h6H,5,9H2,1-4H3,(H,10,11). The molecular formula is C8H18N2O2. The summed E-state index contributed by atoms with van der Waals surface area (Å²) in [5.41, 5.74) is 7.29. The third-order valence-electron chi connectivity index (χ3n) is 1.26. The van der Waals surface area contributed by atoms with Crippen molar-refractivity contribution in [3.05, 3.63) is 0 Å². The van der Waals surface area contributed by atoms with Gasteiger partial charge in [-0.2, -0.15) is 0 Å². The third-order valence-corrected chi connectivity index (χ3v) is 1.26.